The smallest absolute Gasteiger partial charge is 0.303 e. The van der Waals surface area contributed by atoms with Crippen molar-refractivity contribution >= 4 is 27.4 Å². The Morgan fingerprint density at radius 2 is 1.83 bits per heavy atom. The molecule has 0 aliphatic rings. The van der Waals surface area contributed by atoms with Gasteiger partial charge in [-0.05, 0) is 37.0 Å². The molecule has 0 aromatic heterocycles. The van der Waals surface area contributed by atoms with Crippen LogP contribution in [0.4, 0.5) is 5.69 Å². The first kappa shape index (κ1) is 20.2. The second-order valence-corrected chi connectivity index (χ2v) is 9.57. The van der Waals surface area contributed by atoms with Crippen molar-refractivity contribution in [2.45, 2.75) is 51.5 Å². The van der Waals surface area contributed by atoms with Crippen molar-refractivity contribution in [3.63, 3.8) is 0 Å². The van der Waals surface area contributed by atoms with Gasteiger partial charge in [-0.1, -0.05) is 26.0 Å². The molecular formula is C17H25NO5S. The van der Waals surface area contributed by atoms with Crippen molar-refractivity contribution in [1.82, 2.24) is 0 Å². The van der Waals surface area contributed by atoms with Gasteiger partial charge in [-0.25, -0.2) is 8.42 Å². The molecule has 0 aliphatic heterocycles. The summed E-state index contributed by atoms with van der Waals surface area (Å²) in [6.07, 6.45) is -0.0408. The molecule has 1 aromatic carbocycles. The van der Waals surface area contributed by atoms with Crippen molar-refractivity contribution in [1.29, 1.82) is 0 Å². The quantitative estimate of drug-likeness (QED) is 0.747. The molecule has 1 amide bonds. The first-order valence-corrected chi connectivity index (χ1v) is 9.45. The summed E-state index contributed by atoms with van der Waals surface area (Å²) >= 11 is 0. The Morgan fingerprint density at radius 1 is 1.21 bits per heavy atom. The van der Waals surface area contributed by atoms with Gasteiger partial charge in [0.25, 0.3) is 0 Å². The van der Waals surface area contributed by atoms with E-state index in [2.05, 4.69) is 5.32 Å². The molecule has 2 N–H and O–H groups in total. The van der Waals surface area contributed by atoms with Crippen molar-refractivity contribution in [2.24, 2.45) is 5.41 Å². The van der Waals surface area contributed by atoms with E-state index < -0.39 is 26.5 Å². The van der Waals surface area contributed by atoms with Crippen LogP contribution in [0.3, 0.4) is 0 Å². The highest BCUT2D eigenvalue weighted by Gasteiger charge is 2.25. The molecule has 1 aromatic rings. The predicted molar refractivity (Wildman–Crippen MR) is 93.5 cm³/mol. The van der Waals surface area contributed by atoms with E-state index in [1.807, 2.05) is 0 Å². The molecule has 0 bridgehead atoms. The molecule has 134 valence electrons. The number of hydrogen-bond donors (Lipinski definition) is 2. The number of aliphatic carboxylic acids is 1. The van der Waals surface area contributed by atoms with E-state index in [1.165, 1.54) is 0 Å². The van der Waals surface area contributed by atoms with Gasteiger partial charge in [-0.3, -0.25) is 9.59 Å². The van der Waals surface area contributed by atoms with Gasteiger partial charge in [-0.15, -0.1) is 0 Å². The molecule has 0 heterocycles. The highest BCUT2D eigenvalue weighted by atomic mass is 32.2. The zero-order valence-electron chi connectivity index (χ0n) is 14.5. The molecule has 7 heteroatoms. The third-order valence-corrected chi connectivity index (χ3v) is 5.74. The highest BCUT2D eigenvalue weighted by molar-refractivity contribution is 7.91. The minimum atomic E-state index is -3.22. The van der Waals surface area contributed by atoms with Crippen molar-refractivity contribution in [2.75, 3.05) is 5.32 Å². The number of carbonyl (C=O) groups excluding carboxylic acids is 1. The van der Waals surface area contributed by atoms with Gasteiger partial charge in [0.05, 0.1) is 17.4 Å². The van der Waals surface area contributed by atoms with Gasteiger partial charge in [0.1, 0.15) is 0 Å². The lowest BCUT2D eigenvalue weighted by Crippen LogP contribution is -2.24. The van der Waals surface area contributed by atoms with Crippen LogP contribution in [0.15, 0.2) is 24.3 Å². The number of rotatable bonds is 8. The van der Waals surface area contributed by atoms with Crippen LogP contribution in [0, 0.1) is 5.41 Å². The molecule has 0 saturated heterocycles. The minimum Gasteiger partial charge on any atom is -0.481 e. The molecule has 0 unspecified atom stereocenters. The van der Waals surface area contributed by atoms with Crippen LogP contribution in [0.2, 0.25) is 0 Å². The van der Waals surface area contributed by atoms with Crippen LogP contribution in [0.1, 0.15) is 46.1 Å². The van der Waals surface area contributed by atoms with Crippen LogP contribution in [0.5, 0.6) is 0 Å². The molecule has 6 nitrogen and oxygen atoms in total. The zero-order chi connectivity index (χ0) is 18.5. The Bertz CT molecular complexity index is 707. The molecular weight excluding hydrogens is 330 g/mol. The fourth-order valence-electron chi connectivity index (χ4n) is 2.25. The maximum absolute atomic E-state index is 12.1. The Morgan fingerprint density at radius 3 is 2.38 bits per heavy atom. The molecule has 0 fully saturated rings. The Kier molecular flexibility index (Phi) is 6.54. The first-order valence-electron chi connectivity index (χ1n) is 7.73. The van der Waals surface area contributed by atoms with E-state index in [9.17, 15) is 18.0 Å². The fourth-order valence-corrected chi connectivity index (χ4v) is 3.23. The molecule has 1 rings (SSSR count). The van der Waals surface area contributed by atoms with Crippen LogP contribution in [-0.4, -0.2) is 30.7 Å². The lowest BCUT2D eigenvalue weighted by molar-refractivity contribution is -0.139. The Balaban J connectivity index is 2.78. The van der Waals surface area contributed by atoms with Crippen molar-refractivity contribution < 1.29 is 23.1 Å². The number of anilines is 1. The standard InChI is InChI=1S/C17H25NO5S/c1-12(2)24(22,23)11-13-6-5-7-14(8-13)18-15(19)9-17(3,4)10-16(20)21/h5-8,12H,9-11H2,1-4H3,(H,18,19)(H,20,21). The van der Waals surface area contributed by atoms with Gasteiger partial charge in [0.15, 0.2) is 9.84 Å². The third kappa shape index (κ3) is 6.70. The van der Waals surface area contributed by atoms with Crippen LogP contribution in [-0.2, 0) is 25.2 Å². The van der Waals surface area contributed by atoms with Gasteiger partial charge in [-0.2, -0.15) is 0 Å². The van der Waals surface area contributed by atoms with Gasteiger partial charge < -0.3 is 10.4 Å². The first-order chi connectivity index (χ1) is 10.9. The Labute approximate surface area is 143 Å². The monoisotopic (exact) mass is 355 g/mol. The van der Waals surface area contributed by atoms with E-state index in [0.29, 0.717) is 11.3 Å². The maximum Gasteiger partial charge on any atom is 0.303 e. The molecule has 0 aliphatic carbocycles. The summed E-state index contributed by atoms with van der Waals surface area (Å²) in [5.41, 5.74) is 0.447. The van der Waals surface area contributed by atoms with Gasteiger partial charge >= 0.3 is 5.97 Å². The molecule has 0 atom stereocenters. The topological polar surface area (TPSA) is 101 Å². The number of carboxylic acids is 1. The molecule has 0 saturated carbocycles. The van der Waals surface area contributed by atoms with E-state index in [0.717, 1.165) is 0 Å². The Hall–Kier alpha value is -1.89. The van der Waals surface area contributed by atoms with E-state index in [1.54, 1.807) is 52.0 Å². The van der Waals surface area contributed by atoms with E-state index in [-0.39, 0.29) is 24.5 Å². The van der Waals surface area contributed by atoms with Gasteiger partial charge in [0.2, 0.25) is 5.91 Å². The number of benzene rings is 1. The second kappa shape index (κ2) is 7.79. The number of sulfone groups is 1. The second-order valence-electron chi connectivity index (χ2n) is 7.02. The van der Waals surface area contributed by atoms with Crippen molar-refractivity contribution in [3.8, 4) is 0 Å². The molecule has 0 radical (unpaired) electrons. The SMILES string of the molecule is CC(C)S(=O)(=O)Cc1cccc(NC(=O)CC(C)(C)CC(=O)O)c1. The van der Waals surface area contributed by atoms with Crippen LogP contribution >= 0.6 is 0 Å². The van der Waals surface area contributed by atoms with E-state index >= 15 is 0 Å². The van der Waals surface area contributed by atoms with Gasteiger partial charge in [0, 0.05) is 12.1 Å². The largest absolute Gasteiger partial charge is 0.481 e. The fraction of sp³-hybridized carbons (Fsp3) is 0.529. The third-order valence-electron chi connectivity index (χ3n) is 3.57. The summed E-state index contributed by atoms with van der Waals surface area (Å²) in [5.74, 6) is -1.34. The summed E-state index contributed by atoms with van der Waals surface area (Å²) in [5, 5.41) is 11.1. The number of nitrogens with one attached hydrogen (secondary N) is 1. The average molecular weight is 355 g/mol. The number of carbonyl (C=O) groups is 2. The minimum absolute atomic E-state index is 0.0633. The number of carboxylic acid groups (broad SMARTS) is 1. The van der Waals surface area contributed by atoms with E-state index in [4.69, 9.17) is 5.11 Å². The summed E-state index contributed by atoms with van der Waals surface area (Å²) in [6, 6.07) is 6.68. The average Bonchev–Trinajstić information content (AvgIpc) is 2.35. The normalized spacial score (nSPS) is 12.2. The van der Waals surface area contributed by atoms with Crippen LogP contribution < -0.4 is 5.32 Å². The lowest BCUT2D eigenvalue weighted by atomic mass is 9.85. The summed E-state index contributed by atoms with van der Waals surface area (Å²) in [7, 11) is -3.22. The maximum atomic E-state index is 12.1. The molecule has 24 heavy (non-hydrogen) atoms. The molecule has 0 spiro atoms. The summed E-state index contributed by atoms with van der Waals surface area (Å²) in [4.78, 5) is 22.9. The number of hydrogen-bond acceptors (Lipinski definition) is 4. The summed E-state index contributed by atoms with van der Waals surface area (Å²) < 4.78 is 24.0. The lowest BCUT2D eigenvalue weighted by Gasteiger charge is -2.21. The van der Waals surface area contributed by atoms with Crippen LogP contribution in [0.25, 0.3) is 0 Å². The summed E-state index contributed by atoms with van der Waals surface area (Å²) in [6.45, 7) is 6.69. The zero-order valence-corrected chi connectivity index (χ0v) is 15.3. The van der Waals surface area contributed by atoms with Crippen molar-refractivity contribution in [3.05, 3.63) is 29.8 Å². The number of amides is 1. The predicted octanol–water partition coefficient (Wildman–Crippen LogP) is 2.84. The highest BCUT2D eigenvalue weighted by Crippen LogP contribution is 2.26.